The molecule has 1 saturated heterocycles. The molecule has 4 rings (SSSR count). The van der Waals surface area contributed by atoms with E-state index in [4.69, 9.17) is 4.42 Å². The first kappa shape index (κ1) is 16.1. The number of amides is 5. The summed E-state index contributed by atoms with van der Waals surface area (Å²) in [5.41, 5.74) is -0.645. The van der Waals surface area contributed by atoms with Gasteiger partial charge in [-0.25, -0.2) is 4.79 Å². The van der Waals surface area contributed by atoms with Crippen molar-refractivity contribution in [3.8, 4) is 0 Å². The smallest absolute Gasteiger partial charge is 0.325 e. The number of furan rings is 1. The Morgan fingerprint density at radius 3 is 2.12 bits per heavy atom. The van der Waals surface area contributed by atoms with Crippen molar-refractivity contribution in [2.45, 2.75) is 12.5 Å². The number of imide groups is 2. The average molecular weight is 353 g/mol. The average Bonchev–Trinajstić information content (AvgIpc) is 3.30. The molecule has 1 unspecified atom stereocenters. The molecule has 0 spiro atoms. The van der Waals surface area contributed by atoms with E-state index >= 15 is 0 Å². The zero-order valence-electron chi connectivity index (χ0n) is 13.9. The molecule has 0 bridgehead atoms. The maximum atomic E-state index is 12.7. The molecule has 5 amide bonds. The number of hydrogen-bond acceptors (Lipinski definition) is 5. The minimum atomic E-state index is -1.30. The molecule has 8 heteroatoms. The molecular formula is C18H15N3O5. The lowest BCUT2D eigenvalue weighted by Crippen LogP contribution is -2.43. The third kappa shape index (κ3) is 2.15. The molecule has 1 aromatic heterocycles. The van der Waals surface area contributed by atoms with Crippen LogP contribution < -0.4 is 5.32 Å². The van der Waals surface area contributed by atoms with Crippen LogP contribution in [0.2, 0.25) is 0 Å². The quantitative estimate of drug-likeness (QED) is 0.660. The van der Waals surface area contributed by atoms with E-state index in [9.17, 15) is 19.2 Å². The van der Waals surface area contributed by atoms with E-state index in [1.165, 1.54) is 6.26 Å². The van der Waals surface area contributed by atoms with E-state index in [1.54, 1.807) is 43.3 Å². The molecule has 1 fully saturated rings. The molecule has 1 atom stereocenters. The van der Waals surface area contributed by atoms with Crippen LogP contribution in [0.5, 0.6) is 0 Å². The maximum Gasteiger partial charge on any atom is 0.325 e. The molecular weight excluding hydrogens is 338 g/mol. The Kier molecular flexibility index (Phi) is 3.43. The second kappa shape index (κ2) is 5.55. The van der Waals surface area contributed by atoms with E-state index in [0.29, 0.717) is 16.9 Å². The van der Waals surface area contributed by atoms with Crippen molar-refractivity contribution >= 4 is 23.8 Å². The number of rotatable bonds is 4. The summed E-state index contributed by atoms with van der Waals surface area (Å²) < 4.78 is 5.26. The highest BCUT2D eigenvalue weighted by atomic mass is 16.3. The largest absolute Gasteiger partial charge is 0.466 e. The third-order valence-corrected chi connectivity index (χ3v) is 4.71. The number of urea groups is 1. The molecule has 2 aliphatic heterocycles. The highest BCUT2D eigenvalue weighted by Gasteiger charge is 2.51. The summed E-state index contributed by atoms with van der Waals surface area (Å²) >= 11 is 0. The number of carbonyl (C=O) groups excluding carboxylic acids is 4. The van der Waals surface area contributed by atoms with Crippen molar-refractivity contribution in [2.75, 3.05) is 13.1 Å². The Labute approximate surface area is 148 Å². The zero-order chi connectivity index (χ0) is 18.5. The van der Waals surface area contributed by atoms with Gasteiger partial charge in [0.25, 0.3) is 17.7 Å². The first-order valence-corrected chi connectivity index (χ1v) is 8.07. The fourth-order valence-corrected chi connectivity index (χ4v) is 3.27. The number of hydrogen-bond donors (Lipinski definition) is 1. The van der Waals surface area contributed by atoms with Crippen LogP contribution in [0, 0.1) is 0 Å². The summed E-state index contributed by atoms with van der Waals surface area (Å²) in [6.45, 7) is 1.39. The Hall–Kier alpha value is -3.42. The van der Waals surface area contributed by atoms with Crippen molar-refractivity contribution in [1.82, 2.24) is 15.1 Å². The van der Waals surface area contributed by atoms with Gasteiger partial charge in [-0.15, -0.1) is 0 Å². The monoisotopic (exact) mass is 353 g/mol. The van der Waals surface area contributed by atoms with Crippen molar-refractivity contribution < 1.29 is 23.6 Å². The van der Waals surface area contributed by atoms with Crippen LogP contribution in [-0.2, 0) is 10.3 Å². The van der Waals surface area contributed by atoms with E-state index in [0.717, 1.165) is 9.80 Å². The minimum absolute atomic E-state index is 0.0697. The Morgan fingerprint density at radius 2 is 1.54 bits per heavy atom. The summed E-state index contributed by atoms with van der Waals surface area (Å²) in [5, 5.41) is 2.60. The summed E-state index contributed by atoms with van der Waals surface area (Å²) in [6.07, 6.45) is 1.42. The number of fused-ring (bicyclic) bond motifs is 1. The molecule has 132 valence electrons. The van der Waals surface area contributed by atoms with Crippen molar-refractivity contribution in [3.63, 3.8) is 0 Å². The number of nitrogens with zero attached hydrogens (tertiary/aromatic N) is 2. The van der Waals surface area contributed by atoms with Gasteiger partial charge in [0.15, 0.2) is 5.54 Å². The van der Waals surface area contributed by atoms with Gasteiger partial charge in [-0.3, -0.25) is 24.2 Å². The fourth-order valence-electron chi connectivity index (χ4n) is 3.27. The normalized spacial score (nSPS) is 22.2. The van der Waals surface area contributed by atoms with Gasteiger partial charge in [-0.1, -0.05) is 12.1 Å². The van der Waals surface area contributed by atoms with Crippen molar-refractivity contribution in [1.29, 1.82) is 0 Å². The predicted octanol–water partition coefficient (Wildman–Crippen LogP) is 1.34. The van der Waals surface area contributed by atoms with E-state index in [-0.39, 0.29) is 13.1 Å². The lowest BCUT2D eigenvalue weighted by atomic mass is 9.99. The standard InChI is InChI=1S/C18H15N3O5/c1-18(13-7-4-10-26-13)16(24)21(17(25)19-18)9-8-20-14(22)11-5-2-3-6-12(11)15(20)23/h2-7,10H,8-9H2,1H3,(H,19,25). The lowest BCUT2D eigenvalue weighted by molar-refractivity contribution is -0.131. The lowest BCUT2D eigenvalue weighted by Gasteiger charge is -2.20. The number of benzene rings is 1. The Balaban J connectivity index is 1.51. The molecule has 8 nitrogen and oxygen atoms in total. The van der Waals surface area contributed by atoms with Crippen LogP contribution >= 0.6 is 0 Å². The predicted molar refractivity (Wildman–Crippen MR) is 88.1 cm³/mol. The Morgan fingerprint density at radius 1 is 0.923 bits per heavy atom. The molecule has 0 aliphatic carbocycles. The topological polar surface area (TPSA) is 99.9 Å². The zero-order valence-corrected chi connectivity index (χ0v) is 13.9. The summed E-state index contributed by atoms with van der Waals surface area (Å²) in [5.74, 6) is -1.02. The molecule has 1 N–H and O–H groups in total. The molecule has 0 radical (unpaired) electrons. The van der Waals surface area contributed by atoms with Crippen LogP contribution in [-0.4, -0.2) is 46.6 Å². The molecule has 0 saturated carbocycles. The molecule has 2 aromatic rings. The summed E-state index contributed by atoms with van der Waals surface area (Å²) in [7, 11) is 0. The molecule has 2 aliphatic rings. The van der Waals surface area contributed by atoms with Gasteiger partial charge < -0.3 is 9.73 Å². The third-order valence-electron chi connectivity index (χ3n) is 4.71. The number of carbonyl (C=O) groups is 4. The van der Waals surface area contributed by atoms with Crippen LogP contribution in [0.15, 0.2) is 47.1 Å². The van der Waals surface area contributed by atoms with E-state index < -0.39 is 29.3 Å². The summed E-state index contributed by atoms with van der Waals surface area (Å²) in [6, 6.07) is 9.16. The van der Waals surface area contributed by atoms with Crippen molar-refractivity contribution in [2.24, 2.45) is 0 Å². The van der Waals surface area contributed by atoms with Gasteiger partial charge in [-0.2, -0.15) is 0 Å². The van der Waals surface area contributed by atoms with Gasteiger partial charge in [0, 0.05) is 13.1 Å². The molecule has 3 heterocycles. The van der Waals surface area contributed by atoms with E-state index in [1.807, 2.05) is 0 Å². The Bertz CT molecular complexity index is 901. The van der Waals surface area contributed by atoms with Crippen LogP contribution in [0.3, 0.4) is 0 Å². The van der Waals surface area contributed by atoms with Crippen LogP contribution in [0.1, 0.15) is 33.4 Å². The first-order valence-electron chi connectivity index (χ1n) is 8.07. The van der Waals surface area contributed by atoms with Crippen LogP contribution in [0.4, 0.5) is 4.79 Å². The van der Waals surface area contributed by atoms with Gasteiger partial charge in [0.2, 0.25) is 0 Å². The first-order chi connectivity index (χ1) is 12.4. The second-order valence-electron chi connectivity index (χ2n) is 6.30. The highest BCUT2D eigenvalue weighted by Crippen LogP contribution is 2.29. The minimum Gasteiger partial charge on any atom is -0.466 e. The van der Waals surface area contributed by atoms with E-state index in [2.05, 4.69) is 5.32 Å². The van der Waals surface area contributed by atoms with Gasteiger partial charge in [0.1, 0.15) is 5.76 Å². The maximum absolute atomic E-state index is 12.7. The highest BCUT2D eigenvalue weighted by molar-refractivity contribution is 6.21. The van der Waals surface area contributed by atoms with Gasteiger partial charge in [-0.05, 0) is 31.2 Å². The van der Waals surface area contributed by atoms with Gasteiger partial charge >= 0.3 is 6.03 Å². The second-order valence-corrected chi connectivity index (χ2v) is 6.30. The molecule has 26 heavy (non-hydrogen) atoms. The van der Waals surface area contributed by atoms with Crippen LogP contribution in [0.25, 0.3) is 0 Å². The molecule has 1 aromatic carbocycles. The SMILES string of the molecule is CC1(c2ccco2)NC(=O)N(CCN2C(=O)c3ccccc3C2=O)C1=O. The number of nitrogens with one attached hydrogen (secondary N) is 1. The van der Waals surface area contributed by atoms with Crippen molar-refractivity contribution in [3.05, 3.63) is 59.5 Å². The fraction of sp³-hybridized carbons (Fsp3) is 0.222. The van der Waals surface area contributed by atoms with Gasteiger partial charge in [0.05, 0.1) is 17.4 Å². The summed E-state index contributed by atoms with van der Waals surface area (Å²) in [4.78, 5) is 51.8.